The first-order valence-electron chi connectivity index (χ1n) is 11.6. The quantitative estimate of drug-likeness (QED) is 0.150. The van der Waals surface area contributed by atoms with Gasteiger partial charge in [0.05, 0.1) is 13.7 Å². The molecule has 0 spiro atoms. The zero-order valence-electron chi connectivity index (χ0n) is 22.3. The average molecular weight is 532 g/mol. The van der Waals surface area contributed by atoms with Gasteiger partial charge in [0.1, 0.15) is 6.04 Å². The van der Waals surface area contributed by atoms with Gasteiger partial charge in [0, 0.05) is 36.0 Å². The van der Waals surface area contributed by atoms with E-state index in [2.05, 4.69) is 39.2 Å². The van der Waals surface area contributed by atoms with E-state index in [1.165, 1.54) is 26.0 Å². The maximum absolute atomic E-state index is 12.4. The molecule has 3 N–H and O–H groups in total. The minimum Gasteiger partial charge on any atom is -0.478 e. The lowest BCUT2D eigenvalue weighted by molar-refractivity contribution is -0.144. The number of hydrogen-bond donors (Lipinski definition) is 3. The van der Waals surface area contributed by atoms with E-state index in [1.807, 2.05) is 6.92 Å². The number of methoxy groups -OCH3 is 2. The number of aliphatic carboxylic acids is 1. The molecule has 0 radical (unpaired) electrons. The van der Waals surface area contributed by atoms with Gasteiger partial charge < -0.3 is 29.4 Å². The van der Waals surface area contributed by atoms with Crippen LogP contribution in [0, 0.1) is 5.92 Å². The first-order valence-corrected chi connectivity index (χ1v) is 15.5. The van der Waals surface area contributed by atoms with E-state index in [9.17, 15) is 19.5 Å². The molecule has 0 aliphatic heterocycles. The molecule has 0 aromatic rings. The third-order valence-corrected chi connectivity index (χ3v) is 12.5. The lowest BCUT2D eigenvalue weighted by atomic mass is 9.83. The predicted molar refractivity (Wildman–Crippen MR) is 139 cm³/mol. The van der Waals surface area contributed by atoms with Crippen molar-refractivity contribution in [2.45, 2.75) is 76.3 Å². The molecule has 1 rings (SSSR count). The van der Waals surface area contributed by atoms with Gasteiger partial charge in [-0.25, -0.2) is 9.59 Å². The number of carboxylic acids is 1. The van der Waals surface area contributed by atoms with Crippen LogP contribution in [0.4, 0.5) is 0 Å². The maximum atomic E-state index is 12.4. The van der Waals surface area contributed by atoms with Gasteiger partial charge in [-0.1, -0.05) is 33.8 Å². The minimum atomic E-state index is -2.33. The summed E-state index contributed by atoms with van der Waals surface area (Å²) in [6.45, 7) is 13.7. The lowest BCUT2D eigenvalue weighted by Crippen LogP contribution is -2.52. The van der Waals surface area contributed by atoms with Crippen molar-refractivity contribution in [3.05, 3.63) is 23.3 Å². The van der Waals surface area contributed by atoms with Crippen molar-refractivity contribution in [3.8, 4) is 0 Å². The van der Waals surface area contributed by atoms with E-state index in [1.54, 1.807) is 19.1 Å². The second-order valence-electron chi connectivity index (χ2n) is 10.1. The number of esters is 1. The topological polar surface area (TPSA) is 131 Å². The zero-order chi connectivity index (χ0) is 27.2. The Morgan fingerprint density at radius 2 is 1.86 bits per heavy atom. The largest absolute Gasteiger partial charge is 0.478 e. The molecular weight excluding hydrogens is 490 g/mol. The van der Waals surface area contributed by atoms with E-state index < -0.39 is 43.9 Å². The van der Waals surface area contributed by atoms with E-state index in [4.69, 9.17) is 19.0 Å². The van der Waals surface area contributed by atoms with Gasteiger partial charge in [-0.3, -0.25) is 4.79 Å². The molecular formula is C24H41NO8SSi. The highest BCUT2D eigenvalue weighted by Gasteiger charge is 2.48. The molecule has 0 heterocycles. The van der Waals surface area contributed by atoms with Crippen molar-refractivity contribution >= 4 is 37.9 Å². The first-order chi connectivity index (χ1) is 16.1. The molecule has 1 amide bonds. The summed E-state index contributed by atoms with van der Waals surface area (Å²) in [6, 6.07) is -0.919. The number of nitrogens with one attached hydrogen (secondary N) is 1. The number of hydrogen-bond acceptors (Lipinski definition) is 8. The van der Waals surface area contributed by atoms with Gasteiger partial charge in [-0.15, -0.1) is 0 Å². The fraction of sp³-hybridized carbons (Fsp3) is 0.708. The number of aliphatic hydroxyl groups excluding tert-OH is 1. The average Bonchev–Trinajstić information content (AvgIpc) is 2.75. The van der Waals surface area contributed by atoms with Crippen LogP contribution >= 0.6 is 11.8 Å². The van der Waals surface area contributed by atoms with Crippen LogP contribution < -0.4 is 5.32 Å². The molecule has 1 aliphatic carbocycles. The van der Waals surface area contributed by atoms with Crippen LogP contribution in [0.5, 0.6) is 0 Å². The summed E-state index contributed by atoms with van der Waals surface area (Å²) < 4.78 is 17.2. The van der Waals surface area contributed by atoms with Gasteiger partial charge in [0.25, 0.3) is 0 Å². The van der Waals surface area contributed by atoms with Gasteiger partial charge in [0.15, 0.2) is 8.32 Å². The molecule has 0 aromatic carbocycles. The van der Waals surface area contributed by atoms with Crippen molar-refractivity contribution in [2.75, 3.05) is 26.6 Å². The Hall–Kier alpha value is -1.66. The monoisotopic (exact) mass is 531 g/mol. The summed E-state index contributed by atoms with van der Waals surface area (Å²) in [5.74, 6) is -3.72. The first kappa shape index (κ1) is 31.4. The van der Waals surface area contributed by atoms with E-state index in [0.29, 0.717) is 5.57 Å². The van der Waals surface area contributed by atoms with Crippen molar-refractivity contribution in [2.24, 2.45) is 5.92 Å². The number of carbonyl (C=O) groups is 3. The van der Waals surface area contributed by atoms with Crippen LogP contribution in [0.15, 0.2) is 23.3 Å². The molecule has 1 aliphatic rings. The van der Waals surface area contributed by atoms with E-state index >= 15 is 0 Å². The third-order valence-electron chi connectivity index (χ3n) is 6.72. The number of allylic oxidation sites excluding steroid dienone is 1. The van der Waals surface area contributed by atoms with Gasteiger partial charge in [-0.2, -0.15) is 11.8 Å². The smallest absolute Gasteiger partial charge is 0.332 e. The van der Waals surface area contributed by atoms with Crippen LogP contribution in [0.2, 0.25) is 18.1 Å². The second kappa shape index (κ2) is 12.5. The molecule has 9 nitrogen and oxygen atoms in total. The number of amides is 1. The summed E-state index contributed by atoms with van der Waals surface area (Å²) in [5, 5.41) is 21.3. The Balaban J connectivity index is 3.21. The van der Waals surface area contributed by atoms with Crippen molar-refractivity contribution in [3.63, 3.8) is 0 Å². The van der Waals surface area contributed by atoms with E-state index in [-0.39, 0.29) is 34.6 Å². The molecule has 0 aromatic heterocycles. The molecule has 35 heavy (non-hydrogen) atoms. The maximum Gasteiger partial charge on any atom is 0.332 e. The van der Waals surface area contributed by atoms with Crippen molar-refractivity contribution in [1.82, 2.24) is 5.32 Å². The molecule has 11 heteroatoms. The molecule has 0 bridgehead atoms. The number of thioether (sulfide) groups is 1. The minimum absolute atomic E-state index is 0.112. The Labute approximate surface area is 213 Å². The number of rotatable bonds is 12. The number of carboxylic acid groups (broad SMARTS) is 1. The summed E-state index contributed by atoms with van der Waals surface area (Å²) in [5.41, 5.74) is 0.671. The molecule has 0 saturated carbocycles. The Kier molecular flexibility index (Phi) is 11.2. The van der Waals surface area contributed by atoms with E-state index in [0.717, 1.165) is 0 Å². The van der Waals surface area contributed by atoms with Crippen LogP contribution in [-0.4, -0.2) is 80.0 Å². The van der Waals surface area contributed by atoms with Crippen molar-refractivity contribution in [1.29, 1.82) is 0 Å². The SMILES string of the molecule is COC(=O)C(CSC(C)C1C=CC(OC)(O[Si](C)(C)C(C)(C)C)C(C)=C1C(=O)O)NC(=O)CCO. The fourth-order valence-electron chi connectivity index (χ4n) is 3.52. The Morgan fingerprint density at radius 3 is 2.31 bits per heavy atom. The van der Waals surface area contributed by atoms with Crippen LogP contribution in [0.3, 0.4) is 0 Å². The number of aliphatic hydroxyl groups is 1. The molecule has 4 unspecified atom stereocenters. The van der Waals surface area contributed by atoms with Gasteiger partial charge in [0.2, 0.25) is 11.7 Å². The van der Waals surface area contributed by atoms with Gasteiger partial charge >= 0.3 is 11.9 Å². The predicted octanol–water partition coefficient (Wildman–Crippen LogP) is 3.10. The number of carbonyl (C=O) groups excluding carboxylic acids is 2. The Morgan fingerprint density at radius 1 is 1.26 bits per heavy atom. The van der Waals surface area contributed by atoms with Crippen LogP contribution in [0.25, 0.3) is 0 Å². The highest BCUT2D eigenvalue weighted by molar-refractivity contribution is 8.00. The highest BCUT2D eigenvalue weighted by Crippen LogP contribution is 2.45. The highest BCUT2D eigenvalue weighted by atomic mass is 32.2. The number of ether oxygens (including phenoxy) is 2. The normalized spacial score (nSPS) is 22.5. The summed E-state index contributed by atoms with van der Waals surface area (Å²) in [7, 11) is 0.409. The third kappa shape index (κ3) is 7.66. The Bertz CT molecular complexity index is 851. The standard InChI is InChI=1S/C24H41NO8SSi/c1-15-20(21(28)29)17(10-12-24(15,32-7)33-35(8,9)23(3,4)5)16(2)34-14-18(22(30)31-6)25-19(27)11-13-26/h10,12,16-18,26H,11,13-14H2,1-9H3,(H,25,27)(H,28,29). The van der Waals surface area contributed by atoms with Crippen molar-refractivity contribution < 1.29 is 38.5 Å². The van der Waals surface area contributed by atoms with Crippen LogP contribution in [0.1, 0.15) is 41.0 Å². The fourth-order valence-corrected chi connectivity index (χ4v) is 6.04. The second-order valence-corrected chi connectivity index (χ2v) is 16.3. The van der Waals surface area contributed by atoms with Gasteiger partial charge in [-0.05, 0) is 36.7 Å². The zero-order valence-corrected chi connectivity index (χ0v) is 24.1. The summed E-state index contributed by atoms with van der Waals surface area (Å²) >= 11 is 1.34. The summed E-state index contributed by atoms with van der Waals surface area (Å²) in [4.78, 5) is 36.4. The molecule has 0 fully saturated rings. The molecule has 0 saturated heterocycles. The lowest BCUT2D eigenvalue weighted by Gasteiger charge is -2.46. The molecule has 4 atom stereocenters. The summed E-state index contributed by atoms with van der Waals surface area (Å²) in [6.07, 6.45) is 3.46. The van der Waals surface area contributed by atoms with Crippen LogP contribution in [-0.2, 0) is 28.3 Å². The molecule has 200 valence electrons.